The highest BCUT2D eigenvalue weighted by Gasteiger charge is 2.10. The van der Waals surface area contributed by atoms with Crippen LogP contribution < -0.4 is 5.43 Å². The quantitative estimate of drug-likeness (QED) is 0.808. The molecule has 0 saturated heterocycles. The maximum absolute atomic E-state index is 11.8. The standard InChI is InChI=1S/C10H4BrClN2O/c11-6-1-2-7(12)8-9(6)14-4-5(3-13)10(8)15/h1-2,4H,(H,14,15). The van der Waals surface area contributed by atoms with Crippen molar-refractivity contribution in [3.05, 3.63) is 43.6 Å². The van der Waals surface area contributed by atoms with Crippen LogP contribution in [0.1, 0.15) is 5.56 Å². The van der Waals surface area contributed by atoms with E-state index in [1.165, 1.54) is 6.20 Å². The molecule has 2 aromatic rings. The number of hydrogen-bond acceptors (Lipinski definition) is 2. The van der Waals surface area contributed by atoms with Crippen molar-refractivity contribution in [3.63, 3.8) is 0 Å². The second-order valence-electron chi connectivity index (χ2n) is 2.92. The number of rotatable bonds is 0. The summed E-state index contributed by atoms with van der Waals surface area (Å²) in [6, 6.07) is 5.17. The minimum Gasteiger partial charge on any atom is -0.359 e. The number of benzene rings is 1. The fraction of sp³-hybridized carbons (Fsp3) is 0. The van der Waals surface area contributed by atoms with E-state index in [1.54, 1.807) is 12.1 Å². The number of pyridine rings is 1. The van der Waals surface area contributed by atoms with Gasteiger partial charge in [0.2, 0.25) is 5.43 Å². The zero-order chi connectivity index (χ0) is 11.0. The minimum atomic E-state index is -0.349. The van der Waals surface area contributed by atoms with Crippen molar-refractivity contribution in [2.24, 2.45) is 0 Å². The zero-order valence-corrected chi connectivity index (χ0v) is 9.69. The Hall–Kier alpha value is -1.31. The highest BCUT2D eigenvalue weighted by atomic mass is 79.9. The van der Waals surface area contributed by atoms with E-state index in [0.29, 0.717) is 15.9 Å². The third kappa shape index (κ3) is 1.54. The lowest BCUT2D eigenvalue weighted by Crippen LogP contribution is -2.07. The van der Waals surface area contributed by atoms with E-state index in [2.05, 4.69) is 20.9 Å². The van der Waals surface area contributed by atoms with Crippen LogP contribution in [0, 0.1) is 11.3 Å². The Balaban J connectivity index is 3.07. The van der Waals surface area contributed by atoms with Crippen molar-refractivity contribution in [1.29, 1.82) is 5.26 Å². The topological polar surface area (TPSA) is 56.6 Å². The molecule has 1 aromatic carbocycles. The fourth-order valence-electron chi connectivity index (χ4n) is 1.34. The van der Waals surface area contributed by atoms with Gasteiger partial charge in [0.15, 0.2) is 0 Å². The lowest BCUT2D eigenvalue weighted by Gasteiger charge is -2.02. The molecule has 1 N–H and O–H groups in total. The molecule has 5 heteroatoms. The molecule has 0 unspecified atom stereocenters. The minimum absolute atomic E-state index is 0.0579. The summed E-state index contributed by atoms with van der Waals surface area (Å²) in [5.41, 5.74) is 0.312. The average molecular weight is 284 g/mol. The van der Waals surface area contributed by atoms with E-state index < -0.39 is 0 Å². The van der Waals surface area contributed by atoms with Gasteiger partial charge in [0.05, 0.1) is 15.9 Å². The molecule has 1 heterocycles. The molecule has 0 atom stereocenters. The molecule has 0 fully saturated rings. The Morgan fingerprint density at radius 1 is 1.47 bits per heavy atom. The van der Waals surface area contributed by atoms with E-state index in [1.807, 2.05) is 6.07 Å². The molecule has 74 valence electrons. The summed E-state index contributed by atoms with van der Waals surface area (Å²) in [6.07, 6.45) is 1.38. The lowest BCUT2D eigenvalue weighted by atomic mass is 10.1. The van der Waals surface area contributed by atoms with Crippen LogP contribution in [0.4, 0.5) is 0 Å². The molecule has 1 aromatic heterocycles. The first-order valence-electron chi connectivity index (χ1n) is 4.04. The summed E-state index contributed by atoms with van der Waals surface area (Å²) < 4.78 is 0.739. The van der Waals surface area contributed by atoms with Crippen LogP contribution >= 0.6 is 27.5 Å². The van der Waals surface area contributed by atoms with Crippen LogP contribution in [0.2, 0.25) is 5.02 Å². The predicted molar refractivity (Wildman–Crippen MR) is 62.0 cm³/mol. The van der Waals surface area contributed by atoms with Gasteiger partial charge in [-0.1, -0.05) is 11.6 Å². The fourth-order valence-corrected chi connectivity index (χ4v) is 2.03. The number of H-pyrrole nitrogens is 1. The van der Waals surface area contributed by atoms with Gasteiger partial charge in [0.1, 0.15) is 11.6 Å². The molecular weight excluding hydrogens is 279 g/mol. The summed E-state index contributed by atoms with van der Waals surface area (Å²) in [4.78, 5) is 14.7. The van der Waals surface area contributed by atoms with E-state index in [-0.39, 0.29) is 11.0 Å². The molecule has 0 aliphatic rings. The molecule has 0 aliphatic carbocycles. The van der Waals surface area contributed by atoms with Gasteiger partial charge in [-0.15, -0.1) is 0 Å². The van der Waals surface area contributed by atoms with Gasteiger partial charge in [0.25, 0.3) is 0 Å². The smallest absolute Gasteiger partial charge is 0.208 e. The molecule has 0 aliphatic heterocycles. The van der Waals surface area contributed by atoms with Gasteiger partial charge in [0, 0.05) is 10.7 Å². The van der Waals surface area contributed by atoms with Crippen molar-refractivity contribution >= 4 is 38.4 Å². The Bertz CT molecular complexity index is 642. The van der Waals surface area contributed by atoms with Gasteiger partial charge in [-0.25, -0.2) is 0 Å². The van der Waals surface area contributed by atoms with Crippen molar-refractivity contribution in [2.75, 3.05) is 0 Å². The third-order valence-corrected chi connectivity index (χ3v) is 3.03. The Kier molecular flexibility index (Phi) is 2.51. The zero-order valence-electron chi connectivity index (χ0n) is 7.34. The van der Waals surface area contributed by atoms with E-state index in [0.717, 1.165) is 4.47 Å². The van der Waals surface area contributed by atoms with Crippen LogP contribution in [-0.4, -0.2) is 4.98 Å². The van der Waals surface area contributed by atoms with Crippen LogP contribution in [0.3, 0.4) is 0 Å². The van der Waals surface area contributed by atoms with Gasteiger partial charge in [-0.3, -0.25) is 4.79 Å². The second-order valence-corrected chi connectivity index (χ2v) is 4.18. The van der Waals surface area contributed by atoms with Gasteiger partial charge in [-0.2, -0.15) is 5.26 Å². The highest BCUT2D eigenvalue weighted by molar-refractivity contribution is 9.10. The first kappa shape index (κ1) is 10.2. The van der Waals surface area contributed by atoms with E-state index in [4.69, 9.17) is 16.9 Å². The maximum atomic E-state index is 11.8. The molecule has 0 spiro atoms. The molecule has 0 saturated carbocycles. The molecule has 2 rings (SSSR count). The number of nitrogens with zero attached hydrogens (tertiary/aromatic N) is 1. The van der Waals surface area contributed by atoms with Crippen LogP contribution in [0.25, 0.3) is 10.9 Å². The number of fused-ring (bicyclic) bond motifs is 1. The summed E-state index contributed by atoms with van der Waals surface area (Å²) in [7, 11) is 0. The predicted octanol–water partition coefficient (Wildman–Crippen LogP) is 2.82. The lowest BCUT2D eigenvalue weighted by molar-refractivity contribution is 1.34. The molecule has 0 radical (unpaired) electrons. The van der Waals surface area contributed by atoms with Crippen LogP contribution in [0.5, 0.6) is 0 Å². The number of aromatic nitrogens is 1. The van der Waals surface area contributed by atoms with Gasteiger partial charge >= 0.3 is 0 Å². The average Bonchev–Trinajstić information content (AvgIpc) is 2.23. The summed E-state index contributed by atoms with van der Waals surface area (Å²) in [5.74, 6) is 0. The van der Waals surface area contributed by atoms with E-state index >= 15 is 0 Å². The SMILES string of the molecule is N#Cc1c[nH]c2c(Br)ccc(Cl)c2c1=O. The van der Waals surface area contributed by atoms with Crippen molar-refractivity contribution in [2.45, 2.75) is 0 Å². The van der Waals surface area contributed by atoms with Crippen molar-refractivity contribution in [1.82, 2.24) is 4.98 Å². The third-order valence-electron chi connectivity index (χ3n) is 2.06. The van der Waals surface area contributed by atoms with Crippen molar-refractivity contribution < 1.29 is 0 Å². The van der Waals surface area contributed by atoms with Gasteiger partial charge in [-0.05, 0) is 28.1 Å². The van der Waals surface area contributed by atoms with E-state index in [9.17, 15) is 4.79 Å². The number of nitriles is 1. The Morgan fingerprint density at radius 2 is 2.20 bits per heavy atom. The first-order valence-corrected chi connectivity index (χ1v) is 5.21. The highest BCUT2D eigenvalue weighted by Crippen LogP contribution is 2.26. The molecule has 0 bridgehead atoms. The van der Waals surface area contributed by atoms with Crippen LogP contribution in [-0.2, 0) is 0 Å². The second kappa shape index (κ2) is 3.69. The summed E-state index contributed by atoms with van der Waals surface area (Å²) in [6.45, 7) is 0. The molecular formula is C10H4BrClN2O. The summed E-state index contributed by atoms with van der Waals surface area (Å²) in [5, 5.41) is 9.39. The van der Waals surface area contributed by atoms with Gasteiger partial charge < -0.3 is 4.98 Å². The normalized spacial score (nSPS) is 10.2. The number of hydrogen-bond donors (Lipinski definition) is 1. The number of halogens is 2. The Labute approximate surface area is 98.4 Å². The molecule has 3 nitrogen and oxygen atoms in total. The number of aromatic amines is 1. The number of nitrogens with one attached hydrogen (secondary N) is 1. The largest absolute Gasteiger partial charge is 0.359 e. The molecule has 15 heavy (non-hydrogen) atoms. The van der Waals surface area contributed by atoms with Crippen LogP contribution in [0.15, 0.2) is 27.6 Å². The maximum Gasteiger partial charge on any atom is 0.208 e. The summed E-state index contributed by atoms with van der Waals surface area (Å²) >= 11 is 9.21. The van der Waals surface area contributed by atoms with Crippen molar-refractivity contribution in [3.8, 4) is 6.07 Å². The Morgan fingerprint density at radius 3 is 2.87 bits per heavy atom. The monoisotopic (exact) mass is 282 g/mol. The first-order chi connectivity index (χ1) is 7.15. The molecule has 0 amide bonds.